The topological polar surface area (TPSA) is 66.5 Å². The van der Waals surface area contributed by atoms with E-state index in [2.05, 4.69) is 5.32 Å². The summed E-state index contributed by atoms with van der Waals surface area (Å²) in [6.45, 7) is 1.03. The molecule has 10 heteroatoms. The number of benzene rings is 3. The third-order valence-corrected chi connectivity index (χ3v) is 6.76. The Bertz CT molecular complexity index is 1250. The lowest BCUT2D eigenvalue weighted by Crippen LogP contribution is -2.40. The Labute approximate surface area is 194 Å². The van der Waals surface area contributed by atoms with E-state index in [1.807, 2.05) is 0 Å². The van der Waals surface area contributed by atoms with Gasteiger partial charge in [0.2, 0.25) is 5.91 Å². The number of anilines is 1. The molecule has 33 heavy (non-hydrogen) atoms. The Morgan fingerprint density at radius 1 is 1.00 bits per heavy atom. The Balaban J connectivity index is 1.83. The molecule has 0 spiro atoms. The molecular formula is C23H20ClF3N2O3S. The first-order chi connectivity index (χ1) is 15.5. The van der Waals surface area contributed by atoms with Gasteiger partial charge in [0.25, 0.3) is 10.0 Å². The molecule has 3 aromatic rings. The van der Waals surface area contributed by atoms with Crippen LogP contribution in [-0.2, 0) is 27.5 Å². The van der Waals surface area contributed by atoms with Crippen LogP contribution in [0.4, 0.5) is 18.9 Å². The summed E-state index contributed by atoms with van der Waals surface area (Å²) in [5.41, 5.74) is 0.467. The van der Waals surface area contributed by atoms with Crippen LogP contribution in [0.1, 0.15) is 16.7 Å². The zero-order valence-corrected chi connectivity index (χ0v) is 19.0. The summed E-state index contributed by atoms with van der Waals surface area (Å²) in [5, 5.41) is 2.85. The van der Waals surface area contributed by atoms with Gasteiger partial charge in [-0.3, -0.25) is 9.10 Å². The summed E-state index contributed by atoms with van der Waals surface area (Å²) in [5.74, 6) is -0.675. The molecule has 0 heterocycles. The second-order valence-corrected chi connectivity index (χ2v) is 9.58. The van der Waals surface area contributed by atoms with Crippen molar-refractivity contribution in [2.45, 2.75) is 24.5 Å². The monoisotopic (exact) mass is 496 g/mol. The van der Waals surface area contributed by atoms with Crippen molar-refractivity contribution in [1.82, 2.24) is 5.32 Å². The quantitative estimate of drug-likeness (QED) is 0.490. The Hall–Kier alpha value is -3.04. The van der Waals surface area contributed by atoms with Gasteiger partial charge in [-0.25, -0.2) is 8.42 Å². The number of carbonyl (C=O) groups is 1. The van der Waals surface area contributed by atoms with Gasteiger partial charge in [0.05, 0.1) is 16.1 Å². The zero-order chi connectivity index (χ0) is 24.2. The lowest BCUT2D eigenvalue weighted by molar-refractivity contribution is -0.137. The van der Waals surface area contributed by atoms with Crippen LogP contribution in [0.25, 0.3) is 0 Å². The van der Waals surface area contributed by atoms with E-state index in [1.165, 1.54) is 36.4 Å². The highest BCUT2D eigenvalue weighted by atomic mass is 35.5. The van der Waals surface area contributed by atoms with E-state index in [0.29, 0.717) is 5.02 Å². The standard InChI is InChI=1S/C23H20ClF3N2O3S/c1-16-4-2-7-20(12-16)29(33(31,32)21-10-8-19(24)9-11-21)15-22(30)28-14-17-5-3-6-18(13-17)23(25,26)27/h2-13H,14-15H2,1H3,(H,28,30). The van der Waals surface area contributed by atoms with Gasteiger partial charge < -0.3 is 5.32 Å². The van der Waals surface area contributed by atoms with E-state index < -0.39 is 34.2 Å². The van der Waals surface area contributed by atoms with Crippen LogP contribution < -0.4 is 9.62 Å². The third-order valence-electron chi connectivity index (χ3n) is 4.72. The van der Waals surface area contributed by atoms with Crippen molar-refractivity contribution in [3.63, 3.8) is 0 Å². The highest BCUT2D eigenvalue weighted by Crippen LogP contribution is 2.29. The van der Waals surface area contributed by atoms with Crippen LogP contribution >= 0.6 is 11.6 Å². The molecule has 1 amide bonds. The molecule has 0 aliphatic rings. The van der Waals surface area contributed by atoms with Crippen molar-refractivity contribution in [1.29, 1.82) is 0 Å². The van der Waals surface area contributed by atoms with Gasteiger partial charge in [-0.05, 0) is 66.6 Å². The number of nitrogens with one attached hydrogen (secondary N) is 1. The van der Waals surface area contributed by atoms with E-state index in [1.54, 1.807) is 31.2 Å². The normalized spacial score (nSPS) is 11.8. The van der Waals surface area contributed by atoms with Gasteiger partial charge >= 0.3 is 6.18 Å². The van der Waals surface area contributed by atoms with E-state index in [9.17, 15) is 26.4 Å². The molecule has 174 valence electrons. The fraction of sp³-hybridized carbons (Fsp3) is 0.174. The summed E-state index contributed by atoms with van der Waals surface area (Å²) >= 11 is 5.86. The van der Waals surface area contributed by atoms with Gasteiger partial charge in [0, 0.05) is 11.6 Å². The van der Waals surface area contributed by atoms with Crippen molar-refractivity contribution < 1.29 is 26.4 Å². The van der Waals surface area contributed by atoms with Crippen molar-refractivity contribution in [3.8, 4) is 0 Å². The smallest absolute Gasteiger partial charge is 0.350 e. The van der Waals surface area contributed by atoms with Crippen molar-refractivity contribution in [2.75, 3.05) is 10.8 Å². The number of hydrogen-bond acceptors (Lipinski definition) is 3. The van der Waals surface area contributed by atoms with E-state index >= 15 is 0 Å². The summed E-state index contributed by atoms with van der Waals surface area (Å²) in [6, 6.07) is 16.7. The lowest BCUT2D eigenvalue weighted by atomic mass is 10.1. The van der Waals surface area contributed by atoms with Crippen LogP contribution in [-0.4, -0.2) is 20.9 Å². The molecule has 0 aromatic heterocycles. The molecule has 5 nitrogen and oxygen atoms in total. The van der Waals surface area contributed by atoms with E-state index in [0.717, 1.165) is 22.0 Å². The second-order valence-electron chi connectivity index (χ2n) is 7.28. The second kappa shape index (κ2) is 9.84. The number of aryl methyl sites for hydroxylation is 1. The summed E-state index contributed by atoms with van der Waals surface area (Å²) in [7, 11) is -4.13. The van der Waals surface area contributed by atoms with Crippen molar-refractivity contribution in [3.05, 3.63) is 94.5 Å². The molecule has 1 N–H and O–H groups in total. The largest absolute Gasteiger partial charge is 0.416 e. The number of sulfonamides is 1. The minimum atomic E-state index is -4.51. The van der Waals surface area contributed by atoms with E-state index in [-0.39, 0.29) is 22.7 Å². The van der Waals surface area contributed by atoms with Crippen LogP contribution in [0.2, 0.25) is 5.02 Å². The Kier molecular flexibility index (Phi) is 7.34. The Morgan fingerprint density at radius 3 is 2.30 bits per heavy atom. The summed E-state index contributed by atoms with van der Waals surface area (Å²) < 4.78 is 66.3. The lowest BCUT2D eigenvalue weighted by Gasteiger charge is -2.24. The molecule has 0 saturated heterocycles. The number of carbonyl (C=O) groups excluding carboxylic acids is 1. The predicted octanol–water partition coefficient (Wildman–Crippen LogP) is 5.18. The molecule has 0 radical (unpaired) electrons. The van der Waals surface area contributed by atoms with Crippen LogP contribution in [0.5, 0.6) is 0 Å². The maximum atomic E-state index is 13.3. The number of alkyl halides is 3. The number of rotatable bonds is 7. The highest BCUT2D eigenvalue weighted by molar-refractivity contribution is 7.92. The van der Waals surface area contributed by atoms with Gasteiger partial charge in [-0.15, -0.1) is 0 Å². The molecule has 0 bridgehead atoms. The minimum Gasteiger partial charge on any atom is -0.350 e. The average Bonchev–Trinajstić information content (AvgIpc) is 2.76. The number of halogens is 4. The summed E-state index contributed by atoms with van der Waals surface area (Å²) in [6.07, 6.45) is -4.51. The van der Waals surface area contributed by atoms with Crippen LogP contribution in [0.3, 0.4) is 0 Å². The molecule has 0 atom stereocenters. The SMILES string of the molecule is Cc1cccc(N(CC(=O)NCc2cccc(C(F)(F)F)c2)S(=O)(=O)c2ccc(Cl)cc2)c1. The fourth-order valence-corrected chi connectivity index (χ4v) is 4.62. The molecule has 0 unspecified atom stereocenters. The van der Waals surface area contributed by atoms with Crippen molar-refractivity contribution in [2.24, 2.45) is 0 Å². The third kappa shape index (κ3) is 6.27. The maximum absolute atomic E-state index is 13.3. The minimum absolute atomic E-state index is 0.0564. The summed E-state index contributed by atoms with van der Waals surface area (Å²) in [4.78, 5) is 12.6. The van der Waals surface area contributed by atoms with E-state index in [4.69, 9.17) is 11.6 Å². The van der Waals surface area contributed by atoms with Gasteiger partial charge in [-0.2, -0.15) is 13.2 Å². The predicted molar refractivity (Wildman–Crippen MR) is 120 cm³/mol. The zero-order valence-electron chi connectivity index (χ0n) is 17.4. The van der Waals surface area contributed by atoms with Gasteiger partial charge in [-0.1, -0.05) is 35.9 Å². The Morgan fingerprint density at radius 2 is 1.67 bits per heavy atom. The van der Waals surface area contributed by atoms with Gasteiger partial charge in [0.15, 0.2) is 0 Å². The fourth-order valence-electron chi connectivity index (χ4n) is 3.08. The van der Waals surface area contributed by atoms with Gasteiger partial charge in [0.1, 0.15) is 6.54 Å². The molecular weight excluding hydrogens is 477 g/mol. The molecule has 0 fully saturated rings. The molecule has 0 aliphatic carbocycles. The number of hydrogen-bond donors (Lipinski definition) is 1. The van der Waals surface area contributed by atoms with Crippen LogP contribution in [0.15, 0.2) is 77.7 Å². The number of amides is 1. The molecule has 3 aromatic carbocycles. The molecule has 0 saturated carbocycles. The first-order valence-corrected chi connectivity index (χ1v) is 11.6. The van der Waals surface area contributed by atoms with Crippen molar-refractivity contribution >= 4 is 33.2 Å². The maximum Gasteiger partial charge on any atom is 0.416 e. The molecule has 3 rings (SSSR count). The first kappa shape index (κ1) is 24.6. The average molecular weight is 497 g/mol. The van der Waals surface area contributed by atoms with Crippen LogP contribution in [0, 0.1) is 6.92 Å². The number of nitrogens with zero attached hydrogens (tertiary/aromatic N) is 1. The first-order valence-electron chi connectivity index (χ1n) is 9.74. The molecule has 0 aliphatic heterocycles. The highest BCUT2D eigenvalue weighted by Gasteiger charge is 2.30.